The highest BCUT2D eigenvalue weighted by molar-refractivity contribution is 7.09. The number of aromatic nitrogens is 1. The van der Waals surface area contributed by atoms with Gasteiger partial charge in [-0.2, -0.15) is 0 Å². The molecule has 1 aliphatic rings. The number of rotatable bonds is 7. The Kier molecular flexibility index (Phi) is 6.88. The van der Waals surface area contributed by atoms with Crippen LogP contribution in [0.2, 0.25) is 5.02 Å². The van der Waals surface area contributed by atoms with Gasteiger partial charge in [-0.25, -0.2) is 4.98 Å². The highest BCUT2D eigenvalue weighted by atomic mass is 35.5. The molecule has 3 rings (SSSR count). The molecule has 1 unspecified atom stereocenters. The van der Waals surface area contributed by atoms with E-state index in [1.54, 1.807) is 17.5 Å². The lowest BCUT2D eigenvalue weighted by molar-refractivity contribution is 0.0934. The number of carbonyl (C=O) groups is 1. The topological polar surface area (TPSA) is 54.5 Å². The summed E-state index contributed by atoms with van der Waals surface area (Å²) in [6, 6.07) is 7.79. The minimum Gasteiger partial charge on any atom is -0.486 e. The van der Waals surface area contributed by atoms with E-state index in [9.17, 15) is 4.79 Å². The van der Waals surface area contributed by atoms with Gasteiger partial charge >= 0.3 is 0 Å². The normalized spacial score (nSPS) is 17.8. The van der Waals surface area contributed by atoms with Gasteiger partial charge in [-0.1, -0.05) is 18.0 Å². The number of nitrogens with one attached hydrogen (secondary N) is 1. The number of hydrogen-bond donors (Lipinski definition) is 1. The number of thiazole rings is 1. The van der Waals surface area contributed by atoms with Crippen molar-refractivity contribution in [3.63, 3.8) is 0 Å². The van der Waals surface area contributed by atoms with Crippen molar-refractivity contribution >= 4 is 28.8 Å². The molecule has 0 bridgehead atoms. The second-order valence-electron chi connectivity index (χ2n) is 6.51. The Morgan fingerprint density at radius 2 is 2.19 bits per heavy atom. The Balaban J connectivity index is 1.43. The van der Waals surface area contributed by atoms with Crippen LogP contribution in [0.4, 0.5) is 0 Å². The molecule has 1 amide bonds. The molecule has 0 aliphatic carbocycles. The largest absolute Gasteiger partial charge is 0.486 e. The summed E-state index contributed by atoms with van der Waals surface area (Å²) in [6.45, 7) is 5.26. The lowest BCUT2D eigenvalue weighted by atomic mass is 10.0. The molecule has 1 aromatic carbocycles. The number of halogens is 1. The summed E-state index contributed by atoms with van der Waals surface area (Å²) in [5, 5.41) is 6.19. The van der Waals surface area contributed by atoms with Gasteiger partial charge in [0.05, 0.1) is 0 Å². The first kappa shape index (κ1) is 19.1. The molecule has 1 atom stereocenters. The highest BCUT2D eigenvalue weighted by Gasteiger charge is 2.18. The number of likely N-dealkylation sites (tertiary alicyclic amines) is 1. The van der Waals surface area contributed by atoms with Gasteiger partial charge in [-0.05, 0) is 50.6 Å². The van der Waals surface area contributed by atoms with Crippen LogP contribution >= 0.6 is 22.9 Å². The van der Waals surface area contributed by atoms with Crippen molar-refractivity contribution < 1.29 is 9.53 Å². The number of carbonyl (C=O) groups excluding carboxylic acids is 1. The fourth-order valence-electron chi connectivity index (χ4n) is 3.05. The zero-order chi connectivity index (χ0) is 18.4. The Morgan fingerprint density at radius 3 is 2.96 bits per heavy atom. The van der Waals surface area contributed by atoms with Crippen LogP contribution in [-0.4, -0.2) is 41.5 Å². The van der Waals surface area contributed by atoms with Crippen LogP contribution in [0.3, 0.4) is 0 Å². The number of benzene rings is 1. The lowest BCUT2D eigenvalue weighted by Gasteiger charge is -2.33. The van der Waals surface area contributed by atoms with Crippen LogP contribution in [-0.2, 0) is 6.61 Å². The smallest absolute Gasteiger partial charge is 0.270 e. The number of ether oxygens (including phenoxy) is 1. The van der Waals surface area contributed by atoms with Crippen molar-refractivity contribution in [2.24, 2.45) is 0 Å². The Morgan fingerprint density at radius 1 is 1.38 bits per heavy atom. The molecule has 140 valence electrons. The molecule has 1 N–H and O–H groups in total. The second kappa shape index (κ2) is 9.35. The summed E-state index contributed by atoms with van der Waals surface area (Å²) in [5.41, 5.74) is 0.455. The number of hydrogen-bond acceptors (Lipinski definition) is 5. The zero-order valence-electron chi connectivity index (χ0n) is 14.9. The van der Waals surface area contributed by atoms with Crippen LogP contribution in [0, 0.1) is 0 Å². The van der Waals surface area contributed by atoms with E-state index in [0.717, 1.165) is 23.8 Å². The molecular weight excluding hydrogens is 370 g/mol. The average Bonchev–Trinajstić information content (AvgIpc) is 3.12. The van der Waals surface area contributed by atoms with Crippen LogP contribution in [0.25, 0.3) is 0 Å². The third-order valence-electron chi connectivity index (χ3n) is 4.59. The standard InChI is InChI=1S/C19H24ClN3O2S/c1-14-4-2-3-10-23(14)11-9-21-19(24)17-13-26-18(22-17)12-25-16-7-5-15(20)6-8-16/h5-8,13-14H,2-4,9-12H2,1H3,(H,21,24). The number of nitrogens with zero attached hydrogens (tertiary/aromatic N) is 2. The summed E-state index contributed by atoms with van der Waals surface area (Å²) < 4.78 is 5.66. The maximum Gasteiger partial charge on any atom is 0.270 e. The second-order valence-corrected chi connectivity index (χ2v) is 7.88. The molecule has 1 aliphatic heterocycles. The Hall–Kier alpha value is -1.63. The predicted octanol–water partition coefficient (Wildman–Crippen LogP) is 3.98. The first-order valence-corrected chi connectivity index (χ1v) is 10.2. The maximum absolute atomic E-state index is 12.3. The molecule has 2 aromatic rings. The molecule has 0 spiro atoms. The van der Waals surface area contributed by atoms with Crippen molar-refractivity contribution in [3.8, 4) is 5.75 Å². The van der Waals surface area contributed by atoms with Gasteiger partial charge < -0.3 is 10.1 Å². The van der Waals surface area contributed by atoms with E-state index < -0.39 is 0 Å². The van der Waals surface area contributed by atoms with Gasteiger partial charge in [0, 0.05) is 29.5 Å². The van der Waals surface area contributed by atoms with Gasteiger partial charge in [0.25, 0.3) is 5.91 Å². The molecule has 7 heteroatoms. The highest BCUT2D eigenvalue weighted by Crippen LogP contribution is 2.18. The summed E-state index contributed by atoms with van der Waals surface area (Å²) in [6.07, 6.45) is 3.81. The van der Waals surface area contributed by atoms with E-state index >= 15 is 0 Å². The van der Waals surface area contributed by atoms with Gasteiger partial charge in [-0.3, -0.25) is 9.69 Å². The third-order valence-corrected chi connectivity index (χ3v) is 5.66. The zero-order valence-corrected chi connectivity index (χ0v) is 16.5. The van der Waals surface area contributed by atoms with Gasteiger partial charge in [0.2, 0.25) is 0 Å². The first-order valence-electron chi connectivity index (χ1n) is 8.97. The number of piperidine rings is 1. The summed E-state index contributed by atoms with van der Waals surface area (Å²) in [5.74, 6) is 0.606. The summed E-state index contributed by atoms with van der Waals surface area (Å²) >= 11 is 7.28. The molecule has 1 saturated heterocycles. The molecule has 26 heavy (non-hydrogen) atoms. The van der Waals surface area contributed by atoms with Gasteiger partial charge in [0.15, 0.2) is 0 Å². The molecule has 5 nitrogen and oxygen atoms in total. The van der Waals surface area contributed by atoms with E-state index in [4.69, 9.17) is 16.3 Å². The molecular formula is C19H24ClN3O2S. The molecule has 2 heterocycles. The fraction of sp³-hybridized carbons (Fsp3) is 0.474. The van der Waals surface area contributed by atoms with Crippen LogP contribution < -0.4 is 10.1 Å². The van der Waals surface area contributed by atoms with Gasteiger partial charge in [-0.15, -0.1) is 11.3 Å². The fourth-order valence-corrected chi connectivity index (χ4v) is 3.86. The van der Waals surface area contributed by atoms with E-state index in [-0.39, 0.29) is 5.91 Å². The SMILES string of the molecule is CC1CCCCN1CCNC(=O)c1csc(COc2ccc(Cl)cc2)n1. The Bertz CT molecular complexity index is 720. The monoisotopic (exact) mass is 393 g/mol. The average molecular weight is 394 g/mol. The van der Waals surface area contributed by atoms with Crippen LogP contribution in [0.5, 0.6) is 5.75 Å². The summed E-state index contributed by atoms with van der Waals surface area (Å²) in [4.78, 5) is 19.1. The quantitative estimate of drug-likeness (QED) is 0.773. The lowest BCUT2D eigenvalue weighted by Crippen LogP contribution is -2.42. The van der Waals surface area contributed by atoms with Gasteiger partial charge in [0.1, 0.15) is 23.1 Å². The molecule has 0 radical (unpaired) electrons. The maximum atomic E-state index is 12.3. The molecule has 1 aromatic heterocycles. The van der Waals surface area contributed by atoms with Crippen molar-refractivity contribution in [2.45, 2.75) is 38.8 Å². The van der Waals surface area contributed by atoms with E-state index in [0.29, 0.717) is 29.9 Å². The predicted molar refractivity (Wildman–Crippen MR) is 105 cm³/mol. The minimum atomic E-state index is -0.122. The molecule has 0 saturated carbocycles. The van der Waals surface area contributed by atoms with Crippen LogP contribution in [0.15, 0.2) is 29.6 Å². The van der Waals surface area contributed by atoms with E-state index in [1.165, 1.54) is 30.6 Å². The van der Waals surface area contributed by atoms with Crippen molar-refractivity contribution in [1.82, 2.24) is 15.2 Å². The first-order chi connectivity index (χ1) is 12.6. The minimum absolute atomic E-state index is 0.122. The van der Waals surface area contributed by atoms with Crippen molar-refractivity contribution in [2.75, 3.05) is 19.6 Å². The van der Waals surface area contributed by atoms with Crippen LogP contribution in [0.1, 0.15) is 41.7 Å². The van der Waals surface area contributed by atoms with E-state index in [2.05, 4.69) is 22.1 Å². The van der Waals surface area contributed by atoms with Crippen molar-refractivity contribution in [3.05, 3.63) is 45.4 Å². The summed E-state index contributed by atoms with van der Waals surface area (Å²) in [7, 11) is 0. The Labute approximate surface area is 163 Å². The van der Waals surface area contributed by atoms with Crippen molar-refractivity contribution in [1.29, 1.82) is 0 Å². The van der Waals surface area contributed by atoms with E-state index in [1.807, 2.05) is 12.1 Å². The number of amides is 1. The molecule has 1 fully saturated rings. The third kappa shape index (κ3) is 5.43.